The summed E-state index contributed by atoms with van der Waals surface area (Å²) in [6.07, 6.45) is 0. The van der Waals surface area contributed by atoms with E-state index < -0.39 is 16.8 Å². The van der Waals surface area contributed by atoms with Crippen LogP contribution in [0.3, 0.4) is 0 Å². The monoisotopic (exact) mass is 211 g/mol. The van der Waals surface area contributed by atoms with Crippen molar-refractivity contribution in [3.63, 3.8) is 0 Å². The van der Waals surface area contributed by atoms with Gasteiger partial charge in [-0.15, -0.1) is 12.4 Å². The predicted molar refractivity (Wildman–Crippen MR) is 39.5 cm³/mol. The van der Waals surface area contributed by atoms with E-state index in [1.54, 1.807) is 0 Å². The Balaban J connectivity index is 0.000000810. The van der Waals surface area contributed by atoms with Crippen molar-refractivity contribution in [2.75, 3.05) is 13.1 Å². The summed E-state index contributed by atoms with van der Waals surface area (Å²) in [7, 11) is 0. The molecule has 1 heterocycles. The van der Waals surface area contributed by atoms with Gasteiger partial charge in [0.15, 0.2) is 4.33 Å². The molecule has 0 aromatic heterocycles. The first-order valence-electron chi connectivity index (χ1n) is 2.42. The highest BCUT2D eigenvalue weighted by Crippen LogP contribution is 2.40. The second kappa shape index (κ2) is 2.97. The highest BCUT2D eigenvalue weighted by Gasteiger charge is 2.55. The molecule has 0 unspecified atom stereocenters. The second-order valence-electron chi connectivity index (χ2n) is 2.01. The van der Waals surface area contributed by atoms with E-state index in [0.29, 0.717) is 0 Å². The summed E-state index contributed by atoms with van der Waals surface area (Å²) in [6, 6.07) is 0. The maximum absolute atomic E-state index is 12.4. The maximum atomic E-state index is 12.4. The fraction of sp³-hybridized carbons (Fsp3) is 1.00. The van der Waals surface area contributed by atoms with Crippen LogP contribution in [-0.4, -0.2) is 23.3 Å². The minimum absolute atomic E-state index is 0. The zero-order chi connectivity index (χ0) is 7.12. The van der Waals surface area contributed by atoms with Crippen LogP contribution in [0.4, 0.5) is 8.78 Å². The van der Waals surface area contributed by atoms with Gasteiger partial charge < -0.3 is 5.32 Å². The summed E-state index contributed by atoms with van der Waals surface area (Å²) in [5, 5.41) is 2.39. The van der Waals surface area contributed by atoms with Crippen LogP contribution in [0, 0.1) is 0 Å². The molecule has 1 fully saturated rings. The van der Waals surface area contributed by atoms with Crippen molar-refractivity contribution >= 4 is 35.6 Å². The highest BCUT2D eigenvalue weighted by molar-refractivity contribution is 6.49. The van der Waals surface area contributed by atoms with Crippen LogP contribution in [0.5, 0.6) is 0 Å². The first-order valence-corrected chi connectivity index (χ1v) is 3.18. The quantitative estimate of drug-likeness (QED) is 0.604. The van der Waals surface area contributed by atoms with Gasteiger partial charge in [-0.05, 0) is 0 Å². The van der Waals surface area contributed by atoms with E-state index in [1.807, 2.05) is 0 Å². The second-order valence-corrected chi connectivity index (χ2v) is 3.50. The topological polar surface area (TPSA) is 12.0 Å². The zero-order valence-electron chi connectivity index (χ0n) is 4.83. The Morgan fingerprint density at radius 3 is 1.80 bits per heavy atom. The molecule has 62 valence electrons. The SMILES string of the molecule is Cl.FC1(F)CNCC1(Cl)Cl. The Labute approximate surface area is 73.5 Å². The number of halogens is 5. The van der Waals surface area contributed by atoms with Crippen LogP contribution in [0.15, 0.2) is 0 Å². The molecule has 0 aromatic carbocycles. The molecule has 0 spiro atoms. The van der Waals surface area contributed by atoms with Crippen molar-refractivity contribution in [1.82, 2.24) is 5.32 Å². The van der Waals surface area contributed by atoms with Gasteiger partial charge in [-0.25, -0.2) is 8.78 Å². The van der Waals surface area contributed by atoms with E-state index in [-0.39, 0.29) is 19.0 Å². The van der Waals surface area contributed by atoms with Crippen molar-refractivity contribution in [2.45, 2.75) is 10.3 Å². The molecule has 1 saturated heterocycles. The molecule has 0 atom stereocenters. The number of hydrogen-bond acceptors (Lipinski definition) is 1. The van der Waals surface area contributed by atoms with Gasteiger partial charge in [0, 0.05) is 6.54 Å². The average Bonchev–Trinajstić information content (AvgIpc) is 1.81. The van der Waals surface area contributed by atoms with E-state index in [4.69, 9.17) is 23.2 Å². The molecule has 1 aliphatic heterocycles. The van der Waals surface area contributed by atoms with Crippen LogP contribution in [0.1, 0.15) is 0 Å². The minimum atomic E-state index is -2.99. The maximum Gasteiger partial charge on any atom is 0.293 e. The number of hydrogen-bond donors (Lipinski definition) is 1. The Morgan fingerprint density at radius 1 is 1.20 bits per heavy atom. The molecular weight excluding hydrogens is 206 g/mol. The summed E-state index contributed by atoms with van der Waals surface area (Å²) in [5.74, 6) is -2.99. The van der Waals surface area contributed by atoms with Gasteiger partial charge in [-0.2, -0.15) is 0 Å². The molecule has 1 aliphatic rings. The van der Waals surface area contributed by atoms with Crippen LogP contribution in [0.2, 0.25) is 0 Å². The van der Waals surface area contributed by atoms with Crippen molar-refractivity contribution in [3.8, 4) is 0 Å². The van der Waals surface area contributed by atoms with Crippen LogP contribution < -0.4 is 5.32 Å². The summed E-state index contributed by atoms with van der Waals surface area (Å²) in [6.45, 7) is -0.483. The minimum Gasteiger partial charge on any atom is -0.308 e. The molecule has 0 aliphatic carbocycles. The fourth-order valence-corrected chi connectivity index (χ4v) is 0.958. The van der Waals surface area contributed by atoms with E-state index in [9.17, 15) is 8.78 Å². The lowest BCUT2D eigenvalue weighted by molar-refractivity contribution is 0.0158. The van der Waals surface area contributed by atoms with Gasteiger partial charge in [-0.3, -0.25) is 0 Å². The van der Waals surface area contributed by atoms with Crippen LogP contribution in [0.25, 0.3) is 0 Å². The highest BCUT2D eigenvalue weighted by atomic mass is 35.5. The van der Waals surface area contributed by atoms with Gasteiger partial charge in [0.25, 0.3) is 5.92 Å². The van der Waals surface area contributed by atoms with Gasteiger partial charge in [0.2, 0.25) is 0 Å². The lowest BCUT2D eigenvalue weighted by atomic mass is 10.3. The average molecular weight is 212 g/mol. The molecule has 1 N–H and O–H groups in total. The molecule has 0 aromatic rings. The van der Waals surface area contributed by atoms with E-state index >= 15 is 0 Å². The molecule has 0 amide bonds. The molecule has 0 bridgehead atoms. The molecular formula is C4H6Cl3F2N. The van der Waals surface area contributed by atoms with Crippen molar-refractivity contribution in [3.05, 3.63) is 0 Å². The first kappa shape index (κ1) is 10.7. The number of alkyl halides is 4. The van der Waals surface area contributed by atoms with Crippen LogP contribution in [-0.2, 0) is 0 Å². The lowest BCUT2D eigenvalue weighted by Crippen LogP contribution is -2.36. The molecule has 1 nitrogen and oxygen atoms in total. The van der Waals surface area contributed by atoms with Gasteiger partial charge in [-0.1, -0.05) is 23.2 Å². The fourth-order valence-electron chi connectivity index (χ4n) is 0.635. The smallest absolute Gasteiger partial charge is 0.293 e. The third-order valence-electron chi connectivity index (χ3n) is 1.23. The van der Waals surface area contributed by atoms with Gasteiger partial charge in [0.05, 0.1) is 6.54 Å². The Kier molecular flexibility index (Phi) is 3.18. The lowest BCUT2D eigenvalue weighted by Gasteiger charge is -2.18. The summed E-state index contributed by atoms with van der Waals surface area (Å²) in [4.78, 5) is 0. The summed E-state index contributed by atoms with van der Waals surface area (Å²) >= 11 is 10.4. The third-order valence-corrected chi connectivity index (χ3v) is 2.05. The zero-order valence-corrected chi connectivity index (χ0v) is 7.16. The standard InChI is InChI=1S/C4H5Cl2F2N.ClH/c5-3(6)1-9-2-4(3,7)8;/h9H,1-2H2;1H. The molecule has 10 heavy (non-hydrogen) atoms. The van der Waals surface area contributed by atoms with Crippen molar-refractivity contribution < 1.29 is 8.78 Å². The molecule has 1 rings (SSSR count). The normalized spacial score (nSPS) is 27.6. The van der Waals surface area contributed by atoms with Crippen molar-refractivity contribution in [2.24, 2.45) is 0 Å². The molecule has 0 radical (unpaired) electrons. The van der Waals surface area contributed by atoms with Gasteiger partial charge in [0.1, 0.15) is 0 Å². The van der Waals surface area contributed by atoms with E-state index in [0.717, 1.165) is 0 Å². The molecule has 0 saturated carbocycles. The van der Waals surface area contributed by atoms with Crippen LogP contribution >= 0.6 is 35.6 Å². The Bertz CT molecular complexity index is 114. The Hall–Kier alpha value is 0.690. The van der Waals surface area contributed by atoms with Gasteiger partial charge >= 0.3 is 0 Å². The van der Waals surface area contributed by atoms with E-state index in [2.05, 4.69) is 5.32 Å². The first-order chi connectivity index (χ1) is 3.96. The van der Waals surface area contributed by atoms with Crippen molar-refractivity contribution in [1.29, 1.82) is 0 Å². The number of rotatable bonds is 0. The predicted octanol–water partition coefficient (Wildman–Crippen LogP) is 1.82. The van der Waals surface area contributed by atoms with E-state index in [1.165, 1.54) is 0 Å². The largest absolute Gasteiger partial charge is 0.308 e. The third kappa shape index (κ3) is 1.64. The summed E-state index contributed by atoms with van der Waals surface area (Å²) in [5.41, 5.74) is 0. The number of nitrogens with one attached hydrogen (secondary N) is 1. The summed E-state index contributed by atoms with van der Waals surface area (Å²) < 4.78 is 22.9. The molecule has 6 heteroatoms. The Morgan fingerprint density at radius 2 is 1.70 bits per heavy atom.